The minimum Gasteiger partial charge on any atom is -0.388 e. The minimum atomic E-state index is -0.433. The molecule has 0 aliphatic carbocycles. The molecule has 0 amide bonds. The van der Waals surface area contributed by atoms with Gasteiger partial charge in [0.25, 0.3) is 5.69 Å². The lowest BCUT2D eigenvalue weighted by atomic mass is 10.2. The molecule has 0 spiro atoms. The normalized spacial score (nSPS) is 10.0. The summed E-state index contributed by atoms with van der Waals surface area (Å²) in [5, 5.41) is 14.4. The zero-order valence-corrected chi connectivity index (χ0v) is 14.3. The number of benzene rings is 2. The maximum Gasteiger partial charge on any atom is 0.270 e. The van der Waals surface area contributed by atoms with Crippen LogP contribution in [0.5, 0.6) is 0 Å². The van der Waals surface area contributed by atoms with E-state index in [1.165, 1.54) is 12.1 Å². The van der Waals surface area contributed by atoms with Crippen molar-refractivity contribution in [3.63, 3.8) is 0 Å². The Labute approximate surface area is 146 Å². The number of aromatic nitrogens is 1. The van der Waals surface area contributed by atoms with Crippen LogP contribution in [0.1, 0.15) is 23.8 Å². The van der Waals surface area contributed by atoms with Crippen LogP contribution in [0, 0.1) is 10.1 Å². The average Bonchev–Trinajstić information content (AvgIpc) is 3.00. The number of nitro benzene ring substituents is 1. The molecule has 0 fully saturated rings. The highest BCUT2D eigenvalue weighted by molar-refractivity contribution is 5.90. The van der Waals surface area contributed by atoms with Crippen LogP contribution in [0.3, 0.4) is 0 Å². The number of aldehydes is 1. The first-order chi connectivity index (χ1) is 12.1. The molecule has 0 radical (unpaired) electrons. The van der Waals surface area contributed by atoms with E-state index in [2.05, 4.69) is 5.32 Å². The number of para-hydroxylation sites is 1. The van der Waals surface area contributed by atoms with Gasteiger partial charge in [-0.15, -0.1) is 0 Å². The number of hydrogen-bond acceptors (Lipinski definition) is 4. The van der Waals surface area contributed by atoms with Crippen molar-refractivity contribution in [2.45, 2.75) is 19.9 Å². The van der Waals surface area contributed by atoms with Crippen LogP contribution in [0.25, 0.3) is 10.9 Å². The van der Waals surface area contributed by atoms with Crippen LogP contribution in [-0.4, -0.2) is 22.8 Å². The molecule has 3 aromatic rings. The van der Waals surface area contributed by atoms with Crippen molar-refractivity contribution >= 4 is 28.6 Å². The molecule has 0 saturated carbocycles. The molecule has 0 atom stereocenters. The second kappa shape index (κ2) is 8.63. The van der Waals surface area contributed by atoms with Gasteiger partial charge in [-0.05, 0) is 30.7 Å². The van der Waals surface area contributed by atoms with E-state index >= 15 is 0 Å². The van der Waals surface area contributed by atoms with Gasteiger partial charge in [-0.25, -0.2) is 0 Å². The summed E-state index contributed by atoms with van der Waals surface area (Å²) in [7, 11) is 1.91. The summed E-state index contributed by atoms with van der Waals surface area (Å²) in [6, 6.07) is 16.4. The smallest absolute Gasteiger partial charge is 0.270 e. The quantitative estimate of drug-likeness (QED) is 0.422. The summed E-state index contributed by atoms with van der Waals surface area (Å²) in [6.45, 7) is 2.75. The summed E-state index contributed by atoms with van der Waals surface area (Å²) in [5.41, 5.74) is 2.62. The number of nitro groups is 1. The predicted octanol–water partition coefficient (Wildman–Crippen LogP) is 4.50. The molecule has 6 heteroatoms. The molecular weight excluding hydrogens is 318 g/mol. The second-order valence-electron chi connectivity index (χ2n) is 5.45. The molecule has 25 heavy (non-hydrogen) atoms. The Morgan fingerprint density at radius 3 is 2.40 bits per heavy atom. The molecule has 0 bridgehead atoms. The van der Waals surface area contributed by atoms with Crippen molar-refractivity contribution < 1.29 is 9.72 Å². The van der Waals surface area contributed by atoms with E-state index in [-0.39, 0.29) is 5.69 Å². The van der Waals surface area contributed by atoms with Gasteiger partial charge in [0.05, 0.1) is 10.6 Å². The van der Waals surface area contributed by atoms with Crippen molar-refractivity contribution in [2.75, 3.05) is 12.4 Å². The SMILES string of the molecule is CCCn1c(C=O)cc2cc([N+](=O)[O-])ccc21.CNc1ccccc1. The number of non-ortho nitro benzene ring substituents is 1. The summed E-state index contributed by atoms with van der Waals surface area (Å²) in [5.74, 6) is 0. The molecule has 1 heterocycles. The highest BCUT2D eigenvalue weighted by atomic mass is 16.6. The standard InChI is InChI=1S/C12H12N2O3.C7H9N/c1-2-5-13-11(8-15)7-9-6-10(14(16)17)3-4-12(9)13;1-8-7-5-3-2-4-6-7/h3-4,6-8H,2,5H2,1H3;2-6,8H,1H3. The van der Waals surface area contributed by atoms with Gasteiger partial charge in [0.2, 0.25) is 0 Å². The van der Waals surface area contributed by atoms with Crippen molar-refractivity contribution in [2.24, 2.45) is 0 Å². The number of hydrogen-bond donors (Lipinski definition) is 1. The van der Waals surface area contributed by atoms with Gasteiger partial charge in [0.1, 0.15) is 0 Å². The molecular formula is C19H21N3O3. The van der Waals surface area contributed by atoms with E-state index in [9.17, 15) is 14.9 Å². The fourth-order valence-electron chi connectivity index (χ4n) is 2.57. The molecule has 0 saturated heterocycles. The van der Waals surface area contributed by atoms with Gasteiger partial charge < -0.3 is 9.88 Å². The first-order valence-electron chi connectivity index (χ1n) is 8.06. The molecule has 1 N–H and O–H groups in total. The summed E-state index contributed by atoms with van der Waals surface area (Å²) < 4.78 is 1.88. The van der Waals surface area contributed by atoms with Gasteiger partial charge in [-0.1, -0.05) is 25.1 Å². The number of aryl methyl sites for hydroxylation is 1. The van der Waals surface area contributed by atoms with Crippen LogP contribution in [0.15, 0.2) is 54.6 Å². The Hall–Kier alpha value is -3.15. The molecule has 0 aliphatic heterocycles. The lowest BCUT2D eigenvalue weighted by Crippen LogP contribution is -2.00. The first kappa shape index (κ1) is 18.2. The lowest BCUT2D eigenvalue weighted by Gasteiger charge is -2.04. The van der Waals surface area contributed by atoms with Gasteiger partial charge in [0.15, 0.2) is 6.29 Å². The van der Waals surface area contributed by atoms with Crippen molar-refractivity contribution in [3.05, 3.63) is 70.4 Å². The Morgan fingerprint density at radius 2 is 1.88 bits per heavy atom. The Bertz CT molecular complexity index is 857. The highest BCUT2D eigenvalue weighted by Gasteiger charge is 2.11. The van der Waals surface area contributed by atoms with E-state index in [0.717, 1.165) is 35.8 Å². The average molecular weight is 339 g/mol. The number of carbonyl (C=O) groups is 1. The van der Waals surface area contributed by atoms with E-state index < -0.39 is 4.92 Å². The zero-order valence-electron chi connectivity index (χ0n) is 14.3. The fourth-order valence-corrected chi connectivity index (χ4v) is 2.57. The van der Waals surface area contributed by atoms with E-state index in [1.807, 2.05) is 48.9 Å². The predicted molar refractivity (Wildman–Crippen MR) is 100 cm³/mol. The number of nitrogens with one attached hydrogen (secondary N) is 1. The Morgan fingerprint density at radius 1 is 1.16 bits per heavy atom. The highest BCUT2D eigenvalue weighted by Crippen LogP contribution is 2.24. The first-order valence-corrected chi connectivity index (χ1v) is 8.06. The van der Waals surface area contributed by atoms with Crippen molar-refractivity contribution in [1.82, 2.24) is 4.57 Å². The summed E-state index contributed by atoms with van der Waals surface area (Å²) in [4.78, 5) is 21.2. The Balaban J connectivity index is 0.000000236. The number of rotatable bonds is 5. The number of nitrogens with zero attached hydrogens (tertiary/aromatic N) is 2. The molecule has 2 aromatic carbocycles. The third kappa shape index (κ3) is 4.44. The van der Waals surface area contributed by atoms with E-state index in [1.54, 1.807) is 12.1 Å². The number of fused-ring (bicyclic) bond motifs is 1. The lowest BCUT2D eigenvalue weighted by molar-refractivity contribution is -0.384. The molecule has 130 valence electrons. The van der Waals surface area contributed by atoms with E-state index in [4.69, 9.17) is 0 Å². The third-order valence-corrected chi connectivity index (χ3v) is 3.76. The van der Waals surface area contributed by atoms with Gasteiger partial charge in [-0.3, -0.25) is 14.9 Å². The van der Waals surface area contributed by atoms with Crippen molar-refractivity contribution in [3.8, 4) is 0 Å². The topological polar surface area (TPSA) is 77.2 Å². The van der Waals surface area contributed by atoms with Crippen LogP contribution < -0.4 is 5.32 Å². The second-order valence-corrected chi connectivity index (χ2v) is 5.45. The maximum atomic E-state index is 10.9. The Kier molecular flexibility index (Phi) is 6.28. The van der Waals surface area contributed by atoms with Crippen LogP contribution in [0.4, 0.5) is 11.4 Å². The molecule has 3 rings (SSSR count). The molecule has 1 aromatic heterocycles. The summed E-state index contributed by atoms with van der Waals surface area (Å²) >= 11 is 0. The van der Waals surface area contributed by atoms with Gasteiger partial charge in [0, 0.05) is 42.3 Å². The monoisotopic (exact) mass is 339 g/mol. The molecule has 0 unspecified atom stereocenters. The largest absolute Gasteiger partial charge is 0.388 e. The molecule has 6 nitrogen and oxygen atoms in total. The third-order valence-electron chi connectivity index (χ3n) is 3.76. The number of carbonyl (C=O) groups excluding carboxylic acids is 1. The van der Waals surface area contributed by atoms with Gasteiger partial charge >= 0.3 is 0 Å². The minimum absolute atomic E-state index is 0.0450. The maximum absolute atomic E-state index is 10.9. The zero-order chi connectivity index (χ0) is 18.2. The van der Waals surface area contributed by atoms with Crippen LogP contribution >= 0.6 is 0 Å². The fraction of sp³-hybridized carbons (Fsp3) is 0.211. The van der Waals surface area contributed by atoms with Crippen LogP contribution in [0.2, 0.25) is 0 Å². The summed E-state index contributed by atoms with van der Waals surface area (Å²) in [6.07, 6.45) is 1.68. The van der Waals surface area contributed by atoms with E-state index in [0.29, 0.717) is 5.69 Å². The van der Waals surface area contributed by atoms with Crippen LogP contribution in [-0.2, 0) is 6.54 Å². The van der Waals surface area contributed by atoms with Gasteiger partial charge in [-0.2, -0.15) is 0 Å². The molecule has 0 aliphatic rings. The van der Waals surface area contributed by atoms with Crippen molar-refractivity contribution in [1.29, 1.82) is 0 Å². The number of anilines is 1.